The lowest BCUT2D eigenvalue weighted by molar-refractivity contribution is -0.132. The highest BCUT2D eigenvalue weighted by Gasteiger charge is 2.58. The molecule has 1 saturated heterocycles. The Kier molecular flexibility index (Phi) is 7.51. The third-order valence-corrected chi connectivity index (χ3v) is 7.73. The molecule has 1 aliphatic heterocycles. The molecule has 0 radical (unpaired) electrons. The van der Waals surface area contributed by atoms with Gasteiger partial charge in [0.15, 0.2) is 5.78 Å². The van der Waals surface area contributed by atoms with Gasteiger partial charge in [-0.25, -0.2) is 0 Å². The molecule has 1 aromatic carbocycles. The molecule has 1 atom stereocenters. The Morgan fingerprint density at radius 2 is 1.85 bits per heavy atom. The van der Waals surface area contributed by atoms with Crippen molar-refractivity contribution in [3.63, 3.8) is 0 Å². The Morgan fingerprint density at radius 1 is 1.09 bits per heavy atom. The molecule has 1 spiro atoms. The maximum absolute atomic E-state index is 12.6. The molecule has 0 unspecified atom stereocenters. The van der Waals surface area contributed by atoms with Gasteiger partial charge >= 0.3 is 0 Å². The van der Waals surface area contributed by atoms with Crippen LogP contribution in [-0.2, 0) is 9.59 Å². The van der Waals surface area contributed by atoms with Gasteiger partial charge in [-0.1, -0.05) is 11.6 Å². The summed E-state index contributed by atoms with van der Waals surface area (Å²) in [6, 6.07) is 6.99. The van der Waals surface area contributed by atoms with Crippen molar-refractivity contribution in [2.24, 2.45) is 11.3 Å². The molecule has 178 valence electrons. The molecule has 0 bridgehead atoms. The van der Waals surface area contributed by atoms with Gasteiger partial charge in [-0.05, 0) is 81.0 Å². The van der Waals surface area contributed by atoms with E-state index in [-0.39, 0.29) is 41.8 Å². The van der Waals surface area contributed by atoms with Crippen LogP contribution < -0.4 is 10.1 Å². The molecular formula is C27H36N2O4. The van der Waals surface area contributed by atoms with Gasteiger partial charge in [-0.2, -0.15) is 0 Å². The summed E-state index contributed by atoms with van der Waals surface area (Å²) in [6.45, 7) is 2.11. The number of carbonyl (C=O) groups is 3. The lowest BCUT2D eigenvalue weighted by atomic mass is 9.90. The summed E-state index contributed by atoms with van der Waals surface area (Å²) in [7, 11) is 1.59. The van der Waals surface area contributed by atoms with Crippen molar-refractivity contribution in [2.45, 2.75) is 64.2 Å². The van der Waals surface area contributed by atoms with Crippen LogP contribution in [0.3, 0.4) is 0 Å². The van der Waals surface area contributed by atoms with Crippen LogP contribution >= 0.6 is 0 Å². The predicted octanol–water partition coefficient (Wildman–Crippen LogP) is 4.29. The van der Waals surface area contributed by atoms with Crippen LogP contribution in [0.25, 0.3) is 0 Å². The van der Waals surface area contributed by atoms with Gasteiger partial charge in [-0.15, -0.1) is 0 Å². The van der Waals surface area contributed by atoms with E-state index in [0.717, 1.165) is 32.2 Å². The number of likely N-dealkylation sites (tertiary alicyclic amines) is 1. The fraction of sp³-hybridized carbons (Fsp3) is 0.593. The van der Waals surface area contributed by atoms with Gasteiger partial charge in [0.25, 0.3) is 0 Å². The Labute approximate surface area is 196 Å². The van der Waals surface area contributed by atoms with E-state index >= 15 is 0 Å². The second kappa shape index (κ2) is 10.5. The second-order valence-electron chi connectivity index (χ2n) is 9.80. The van der Waals surface area contributed by atoms with Crippen LogP contribution in [0.15, 0.2) is 35.9 Å². The van der Waals surface area contributed by atoms with Crippen molar-refractivity contribution >= 4 is 17.6 Å². The third kappa shape index (κ3) is 5.84. The number of Topliss-reactive ketones (excluding diaryl/α,β-unsaturated/α-hetero) is 1. The summed E-state index contributed by atoms with van der Waals surface area (Å²) < 4.78 is 5.12. The fourth-order valence-corrected chi connectivity index (χ4v) is 5.37. The predicted molar refractivity (Wildman–Crippen MR) is 127 cm³/mol. The molecule has 33 heavy (non-hydrogen) atoms. The Hall–Kier alpha value is -2.63. The highest BCUT2D eigenvalue weighted by Crippen LogP contribution is 2.59. The third-order valence-electron chi connectivity index (χ3n) is 7.73. The molecule has 2 amide bonds. The normalized spacial score (nSPS) is 21.3. The van der Waals surface area contributed by atoms with Crippen molar-refractivity contribution < 1.29 is 19.1 Å². The van der Waals surface area contributed by atoms with Crippen molar-refractivity contribution in [3.8, 4) is 5.75 Å². The lowest BCUT2D eigenvalue weighted by Gasteiger charge is -2.33. The van der Waals surface area contributed by atoms with Gasteiger partial charge in [0, 0.05) is 44.0 Å². The number of nitrogens with one attached hydrogen (secondary N) is 1. The zero-order valence-electron chi connectivity index (χ0n) is 19.7. The molecule has 1 heterocycles. The number of piperidine rings is 1. The maximum atomic E-state index is 12.6. The SMILES string of the molecule is COc1ccc(C(=O)CCC(=O)N2CCC3(CC2)C[C@@H]3C(=O)NCCC2=CCCCC2)cc1. The van der Waals surface area contributed by atoms with Crippen LogP contribution in [0.1, 0.15) is 74.6 Å². The van der Waals surface area contributed by atoms with Crippen LogP contribution in [0.4, 0.5) is 0 Å². The highest BCUT2D eigenvalue weighted by atomic mass is 16.5. The smallest absolute Gasteiger partial charge is 0.223 e. The Bertz CT molecular complexity index is 897. The van der Waals surface area contributed by atoms with E-state index in [0.29, 0.717) is 24.4 Å². The van der Waals surface area contributed by atoms with Gasteiger partial charge in [-0.3, -0.25) is 14.4 Å². The van der Waals surface area contributed by atoms with E-state index in [1.54, 1.807) is 31.4 Å². The molecule has 3 aliphatic rings. The van der Waals surface area contributed by atoms with Crippen molar-refractivity contribution in [1.82, 2.24) is 10.2 Å². The number of amides is 2. The van der Waals surface area contributed by atoms with E-state index in [9.17, 15) is 14.4 Å². The van der Waals surface area contributed by atoms with Crippen LogP contribution in [0.5, 0.6) is 5.75 Å². The summed E-state index contributed by atoms with van der Waals surface area (Å²) in [4.78, 5) is 39.5. The first-order chi connectivity index (χ1) is 16.0. The van der Waals surface area contributed by atoms with Gasteiger partial charge in [0.2, 0.25) is 11.8 Å². The molecule has 2 aliphatic carbocycles. The van der Waals surface area contributed by atoms with Gasteiger partial charge < -0.3 is 15.0 Å². The zero-order chi connectivity index (χ0) is 23.3. The topological polar surface area (TPSA) is 75.7 Å². The highest BCUT2D eigenvalue weighted by molar-refractivity contribution is 5.98. The molecule has 1 aromatic rings. The van der Waals surface area contributed by atoms with Crippen LogP contribution in [0.2, 0.25) is 0 Å². The monoisotopic (exact) mass is 452 g/mol. The first-order valence-corrected chi connectivity index (χ1v) is 12.4. The van der Waals surface area contributed by atoms with Crippen LogP contribution in [-0.4, -0.2) is 49.2 Å². The minimum absolute atomic E-state index is 0.0256. The number of carbonyl (C=O) groups excluding carboxylic acids is 3. The fourth-order valence-electron chi connectivity index (χ4n) is 5.37. The first-order valence-electron chi connectivity index (χ1n) is 12.4. The molecule has 6 heteroatoms. The summed E-state index contributed by atoms with van der Waals surface area (Å²) in [5.74, 6) is 1.01. The van der Waals surface area contributed by atoms with Crippen molar-refractivity contribution in [3.05, 3.63) is 41.5 Å². The number of nitrogens with zero attached hydrogens (tertiary/aromatic N) is 1. The molecule has 4 rings (SSSR count). The second-order valence-corrected chi connectivity index (χ2v) is 9.80. The van der Waals surface area contributed by atoms with E-state index in [4.69, 9.17) is 4.74 Å². The summed E-state index contributed by atoms with van der Waals surface area (Å²) in [5, 5.41) is 3.15. The average molecular weight is 453 g/mol. The maximum Gasteiger partial charge on any atom is 0.223 e. The zero-order valence-corrected chi connectivity index (χ0v) is 19.7. The van der Waals surface area contributed by atoms with E-state index in [2.05, 4.69) is 11.4 Å². The summed E-state index contributed by atoms with van der Waals surface area (Å²) >= 11 is 0. The molecule has 1 N–H and O–H groups in total. The molecule has 6 nitrogen and oxygen atoms in total. The number of hydrogen-bond acceptors (Lipinski definition) is 4. The largest absolute Gasteiger partial charge is 0.497 e. The number of methoxy groups -OCH3 is 1. The molecule has 0 aromatic heterocycles. The minimum Gasteiger partial charge on any atom is -0.497 e. The van der Waals surface area contributed by atoms with Crippen molar-refractivity contribution in [2.75, 3.05) is 26.7 Å². The summed E-state index contributed by atoms with van der Waals surface area (Å²) in [5.41, 5.74) is 2.18. The summed E-state index contributed by atoms with van der Waals surface area (Å²) in [6.07, 6.45) is 11.4. The number of rotatable bonds is 9. The number of ether oxygens (including phenoxy) is 1. The number of allylic oxidation sites excluding steroid dienone is 1. The number of ketones is 1. The Morgan fingerprint density at radius 3 is 2.52 bits per heavy atom. The molecule has 1 saturated carbocycles. The lowest BCUT2D eigenvalue weighted by Crippen LogP contribution is -2.40. The van der Waals surface area contributed by atoms with Crippen LogP contribution in [0, 0.1) is 11.3 Å². The van der Waals surface area contributed by atoms with Gasteiger partial charge in [0.05, 0.1) is 7.11 Å². The Balaban J connectivity index is 1.15. The average Bonchev–Trinajstić information content (AvgIpc) is 3.56. The standard InChI is InChI=1S/C27H36N2O4/c1-33-22-9-7-21(8-10-22)24(30)11-12-25(31)29-17-14-27(15-18-29)19-23(27)26(32)28-16-13-20-5-3-2-4-6-20/h5,7-10,23H,2-4,6,11-19H2,1H3,(H,28,32)/t23-/m1/s1. The van der Waals surface area contributed by atoms with E-state index < -0.39 is 0 Å². The van der Waals surface area contributed by atoms with Gasteiger partial charge in [0.1, 0.15) is 5.75 Å². The molecular weight excluding hydrogens is 416 g/mol. The number of benzene rings is 1. The van der Waals surface area contributed by atoms with E-state index in [1.807, 2.05) is 4.90 Å². The van der Waals surface area contributed by atoms with E-state index in [1.165, 1.54) is 31.3 Å². The number of hydrogen-bond donors (Lipinski definition) is 1. The first kappa shape index (κ1) is 23.5. The quantitative estimate of drug-likeness (QED) is 0.448. The minimum atomic E-state index is -0.0256. The van der Waals surface area contributed by atoms with Crippen molar-refractivity contribution in [1.29, 1.82) is 0 Å². The molecule has 2 fully saturated rings.